The van der Waals surface area contributed by atoms with Crippen LogP contribution >= 0.6 is 0 Å². The monoisotopic (exact) mass is 746 g/mol. The summed E-state index contributed by atoms with van der Waals surface area (Å²) in [6, 6.07) is 0. The predicted octanol–water partition coefficient (Wildman–Crippen LogP) is 1.37. The van der Waals surface area contributed by atoms with Crippen LogP contribution in [0.1, 0.15) is 120 Å². The second-order valence-corrected chi connectivity index (χ2v) is 18.4. The largest absolute Gasteiger partial charge is 1.00 e. The van der Waals surface area contributed by atoms with Crippen molar-refractivity contribution in [3.05, 3.63) is 0 Å². The second-order valence-electron chi connectivity index (χ2n) is 18.4. The molecule has 2 N–H and O–H groups in total. The van der Waals surface area contributed by atoms with E-state index < -0.39 is 41.3 Å². The van der Waals surface area contributed by atoms with Crippen LogP contribution in [0.2, 0.25) is 0 Å². The third-order valence-electron chi connectivity index (χ3n) is 14.4. The molecule has 6 heterocycles. The maximum Gasteiger partial charge on any atom is 1.00 e. The van der Waals surface area contributed by atoms with Crippen molar-refractivity contribution in [2.24, 2.45) is 41.4 Å². The molecule has 0 saturated carbocycles. The van der Waals surface area contributed by atoms with Gasteiger partial charge in [-0.05, 0) is 76.5 Å². The normalized spacial score (nSPS) is 53.2. The Hall–Kier alpha value is 0.110. The van der Waals surface area contributed by atoms with Crippen LogP contribution in [-0.2, 0) is 38.0 Å². The first-order valence-corrected chi connectivity index (χ1v) is 20.0. The number of hydrogen-bond acceptors (Lipinski definition) is 11. The second kappa shape index (κ2) is 16.2. The molecule has 0 aliphatic carbocycles. The van der Waals surface area contributed by atoms with Crippen LogP contribution in [0.25, 0.3) is 0 Å². The Kier molecular flexibility index (Phi) is 13.4. The SMILES string of the molecule is CO[C@@H]1C[C@@H](C[C@H]2CC[C@H](C)[C@H]([C@@H](C)C(=O)[O-])O2)O[C@]2(O[C@](C)([C@H]3CC[C@@](C)(C4O[C@@H](C5O[C@@](O)(CO)[C@H](C)C[C@@H]5C)C[C@@H]4C)O3)C[C@H]2C)[C@@H]1C.[Na+]. The summed E-state index contributed by atoms with van der Waals surface area (Å²) < 4.78 is 46.9. The van der Waals surface area contributed by atoms with Crippen molar-refractivity contribution in [3.63, 3.8) is 0 Å². The van der Waals surface area contributed by atoms with Crippen LogP contribution in [0.3, 0.4) is 0 Å². The first kappa shape index (κ1) is 43.2. The van der Waals surface area contributed by atoms with Gasteiger partial charge >= 0.3 is 29.6 Å². The molecule has 19 atom stereocenters. The third-order valence-corrected chi connectivity index (χ3v) is 14.4. The number of carbonyl (C=O) groups is 1. The predicted molar refractivity (Wildman–Crippen MR) is 186 cm³/mol. The first-order chi connectivity index (χ1) is 23.9. The zero-order valence-corrected chi connectivity index (χ0v) is 35.8. The summed E-state index contributed by atoms with van der Waals surface area (Å²) in [4.78, 5) is 11.7. The van der Waals surface area contributed by atoms with Crippen LogP contribution in [0, 0.1) is 41.4 Å². The zero-order valence-electron chi connectivity index (χ0n) is 33.8. The van der Waals surface area contributed by atoms with Gasteiger partial charge < -0.3 is 53.3 Å². The number of methoxy groups -OCH3 is 1. The summed E-state index contributed by atoms with van der Waals surface area (Å²) in [7, 11) is 1.76. The molecule has 6 saturated heterocycles. The zero-order chi connectivity index (χ0) is 37.3. The molecule has 6 aliphatic rings. The maximum absolute atomic E-state index is 11.7. The Morgan fingerprint density at radius 1 is 0.885 bits per heavy atom. The van der Waals surface area contributed by atoms with E-state index in [2.05, 4.69) is 48.5 Å². The molecule has 0 aromatic rings. The molecule has 0 radical (unpaired) electrons. The molecule has 6 rings (SSSR count). The van der Waals surface area contributed by atoms with Gasteiger partial charge in [0.2, 0.25) is 0 Å². The van der Waals surface area contributed by atoms with E-state index >= 15 is 0 Å². The minimum Gasteiger partial charge on any atom is -0.550 e. The van der Waals surface area contributed by atoms with Crippen LogP contribution in [-0.4, -0.2) is 102 Å². The number of carboxylic acid groups (broad SMARTS) is 1. The maximum atomic E-state index is 11.7. The van der Waals surface area contributed by atoms with Crippen molar-refractivity contribution >= 4 is 5.97 Å². The van der Waals surface area contributed by atoms with Gasteiger partial charge in [0.1, 0.15) is 0 Å². The van der Waals surface area contributed by atoms with Crippen LogP contribution in [0.4, 0.5) is 0 Å². The van der Waals surface area contributed by atoms with Crippen LogP contribution in [0.5, 0.6) is 0 Å². The summed E-state index contributed by atoms with van der Waals surface area (Å²) in [6.45, 7) is 18.3. The van der Waals surface area contributed by atoms with E-state index in [1.807, 2.05) is 6.92 Å². The summed E-state index contributed by atoms with van der Waals surface area (Å²) in [5.74, 6) is -3.70. The molecule has 6 fully saturated rings. The molecule has 6 aliphatic heterocycles. The number of hydrogen-bond donors (Lipinski definition) is 2. The fourth-order valence-electron chi connectivity index (χ4n) is 11.3. The molecular formula is C40H67NaO11. The van der Waals surface area contributed by atoms with Crippen LogP contribution < -0.4 is 34.7 Å². The van der Waals surface area contributed by atoms with Crippen molar-refractivity contribution in [2.75, 3.05) is 13.7 Å². The van der Waals surface area contributed by atoms with Gasteiger partial charge in [-0.3, -0.25) is 0 Å². The molecule has 294 valence electrons. The molecule has 0 bridgehead atoms. The van der Waals surface area contributed by atoms with Gasteiger partial charge in [-0.2, -0.15) is 0 Å². The number of carboxylic acids is 1. The Bertz CT molecular complexity index is 1240. The van der Waals surface area contributed by atoms with E-state index in [-0.39, 0.29) is 114 Å². The van der Waals surface area contributed by atoms with Gasteiger partial charge in [0.05, 0.1) is 66.6 Å². The fourth-order valence-corrected chi connectivity index (χ4v) is 11.3. The topological polar surface area (TPSA) is 145 Å². The van der Waals surface area contributed by atoms with Gasteiger partial charge in [-0.15, -0.1) is 0 Å². The molecule has 11 nitrogen and oxygen atoms in total. The number of ether oxygens (including phenoxy) is 7. The number of aliphatic hydroxyl groups is 2. The van der Waals surface area contributed by atoms with E-state index in [0.717, 1.165) is 51.4 Å². The molecule has 1 spiro atoms. The molecule has 52 heavy (non-hydrogen) atoms. The number of rotatable bonds is 9. The van der Waals surface area contributed by atoms with Crippen LogP contribution in [0.15, 0.2) is 0 Å². The summed E-state index contributed by atoms with van der Waals surface area (Å²) in [5.41, 5.74) is -1.11. The van der Waals surface area contributed by atoms with E-state index in [1.54, 1.807) is 14.0 Å². The Morgan fingerprint density at radius 3 is 2.25 bits per heavy atom. The molecule has 0 aromatic heterocycles. The Labute approximate surface area is 334 Å². The standard InChI is InChI=1S/C40H68O11.Na/c1-21-11-12-28(46-33(21)26(6)36(42)43)17-29-18-30(45-10)27(7)40(48-29)25(5)19-38(9,51-40)32-13-14-37(8,49-32)35-23(3)16-31(47-35)34-22(2)15-24(4)39(44,20-41)50-34;/h21-35,41,44H,11-20H2,1-10H3,(H,42,43);/q;+1/p-1/t21-,22-,23-,24+,25+,26+,27+,28+,29+,30+,31+,32+,33+,34?,35?,37-,38-,39-,40+;/m0./s1. The van der Waals surface area contributed by atoms with Crippen molar-refractivity contribution in [3.8, 4) is 0 Å². The molecule has 12 heteroatoms. The van der Waals surface area contributed by atoms with Gasteiger partial charge in [-0.25, -0.2) is 0 Å². The quantitative estimate of drug-likeness (QED) is 0.331. The number of aliphatic carboxylic acids is 1. The van der Waals surface area contributed by atoms with Crippen molar-refractivity contribution in [2.45, 2.75) is 192 Å². The summed E-state index contributed by atoms with van der Waals surface area (Å²) in [5, 5.41) is 32.7. The molecule has 0 aromatic carbocycles. The van der Waals surface area contributed by atoms with E-state index in [1.165, 1.54) is 0 Å². The molecular weight excluding hydrogens is 679 g/mol. The Balaban J connectivity index is 0.00000523. The third kappa shape index (κ3) is 7.85. The van der Waals surface area contributed by atoms with E-state index in [4.69, 9.17) is 33.2 Å². The molecule has 2 unspecified atom stereocenters. The van der Waals surface area contributed by atoms with Crippen molar-refractivity contribution in [1.29, 1.82) is 0 Å². The smallest absolute Gasteiger partial charge is 0.550 e. The Morgan fingerprint density at radius 2 is 1.60 bits per heavy atom. The minimum absolute atomic E-state index is 0. The van der Waals surface area contributed by atoms with Gasteiger partial charge in [-0.1, -0.05) is 48.5 Å². The van der Waals surface area contributed by atoms with Crippen molar-refractivity contribution < 1.29 is 82.8 Å². The fraction of sp³-hybridized carbons (Fsp3) is 0.975. The average Bonchev–Trinajstić information content (AvgIpc) is 3.75. The van der Waals surface area contributed by atoms with Gasteiger partial charge in [0, 0.05) is 49.6 Å². The van der Waals surface area contributed by atoms with Gasteiger partial charge in [0.15, 0.2) is 11.6 Å². The molecule has 0 amide bonds. The van der Waals surface area contributed by atoms with Gasteiger partial charge in [0.25, 0.3) is 0 Å². The van der Waals surface area contributed by atoms with E-state index in [0.29, 0.717) is 6.42 Å². The number of aliphatic hydroxyl groups excluding tert-OH is 1. The summed E-state index contributed by atoms with van der Waals surface area (Å²) in [6.07, 6.45) is 5.62. The summed E-state index contributed by atoms with van der Waals surface area (Å²) >= 11 is 0. The first-order valence-electron chi connectivity index (χ1n) is 20.0. The average molecular weight is 747 g/mol. The van der Waals surface area contributed by atoms with Crippen molar-refractivity contribution in [1.82, 2.24) is 0 Å². The van der Waals surface area contributed by atoms with E-state index in [9.17, 15) is 20.1 Å². The number of carbonyl (C=O) groups excluding carboxylic acids is 1. The minimum atomic E-state index is -1.55.